The monoisotopic (exact) mass is 468 g/mol. The zero-order chi connectivity index (χ0) is 24.4. The highest BCUT2D eigenvalue weighted by atomic mass is 19.1. The molecule has 2 heterocycles. The van der Waals surface area contributed by atoms with E-state index in [0.29, 0.717) is 32.6 Å². The average Bonchev–Trinajstić information content (AvgIpc) is 2.89. The fourth-order valence-corrected chi connectivity index (χ4v) is 4.85. The second-order valence-electron chi connectivity index (χ2n) is 9.02. The Bertz CT molecular complexity index is 1380. The molecule has 0 bridgehead atoms. The molecule has 0 N–H and O–H groups in total. The van der Waals surface area contributed by atoms with Crippen molar-refractivity contribution >= 4 is 22.5 Å². The van der Waals surface area contributed by atoms with Gasteiger partial charge in [0, 0.05) is 49.4 Å². The summed E-state index contributed by atoms with van der Waals surface area (Å²) in [5.74, 6) is 1.45. The minimum Gasteiger partial charge on any atom is -0.353 e. The predicted molar refractivity (Wildman–Crippen MR) is 137 cm³/mol. The van der Waals surface area contributed by atoms with E-state index in [9.17, 15) is 9.18 Å². The molecule has 0 aliphatic carbocycles. The normalized spacial score (nSPS) is 13.9. The second kappa shape index (κ2) is 9.82. The first-order valence-electron chi connectivity index (χ1n) is 12.2. The van der Waals surface area contributed by atoms with E-state index >= 15 is 0 Å². The van der Waals surface area contributed by atoms with Gasteiger partial charge in [-0.25, -0.2) is 14.4 Å². The van der Waals surface area contributed by atoms with Crippen molar-refractivity contribution in [2.75, 3.05) is 31.1 Å². The zero-order valence-electron chi connectivity index (χ0n) is 20.2. The van der Waals surface area contributed by atoms with Gasteiger partial charge < -0.3 is 9.80 Å². The van der Waals surface area contributed by atoms with Crippen molar-refractivity contribution in [3.63, 3.8) is 0 Å². The summed E-state index contributed by atoms with van der Waals surface area (Å²) >= 11 is 0. The third-order valence-corrected chi connectivity index (χ3v) is 6.65. The van der Waals surface area contributed by atoms with Gasteiger partial charge in [0.2, 0.25) is 0 Å². The molecule has 0 atom stereocenters. The summed E-state index contributed by atoms with van der Waals surface area (Å²) in [5.41, 5.74) is 3.65. The maximum atomic E-state index is 13.8. The van der Waals surface area contributed by atoms with Crippen LogP contribution >= 0.6 is 0 Å². The van der Waals surface area contributed by atoms with Crippen LogP contribution in [-0.4, -0.2) is 47.0 Å². The van der Waals surface area contributed by atoms with Crippen molar-refractivity contribution in [3.05, 3.63) is 101 Å². The van der Waals surface area contributed by atoms with Crippen molar-refractivity contribution < 1.29 is 9.18 Å². The highest BCUT2D eigenvalue weighted by Gasteiger charge is 2.26. The fourth-order valence-electron chi connectivity index (χ4n) is 4.85. The van der Waals surface area contributed by atoms with Crippen molar-refractivity contribution in [2.24, 2.45) is 0 Å². The lowest BCUT2D eigenvalue weighted by atomic mass is 10.0. The topological polar surface area (TPSA) is 49.3 Å². The second-order valence-corrected chi connectivity index (χ2v) is 9.02. The summed E-state index contributed by atoms with van der Waals surface area (Å²) in [7, 11) is 0. The molecule has 35 heavy (non-hydrogen) atoms. The fraction of sp³-hybridized carbons (Fsp3) is 0.276. The number of benzene rings is 3. The van der Waals surface area contributed by atoms with Gasteiger partial charge in [0.1, 0.15) is 17.5 Å². The molecule has 5 rings (SSSR count). The van der Waals surface area contributed by atoms with E-state index in [1.807, 2.05) is 54.3 Å². The third kappa shape index (κ3) is 4.87. The van der Waals surface area contributed by atoms with Crippen molar-refractivity contribution in [1.82, 2.24) is 14.9 Å². The molecule has 0 radical (unpaired) electrons. The molecule has 1 saturated heterocycles. The lowest BCUT2D eigenvalue weighted by Crippen LogP contribution is -2.49. The van der Waals surface area contributed by atoms with E-state index in [0.717, 1.165) is 51.2 Å². The molecule has 178 valence electrons. The molecular weight excluding hydrogens is 439 g/mol. The van der Waals surface area contributed by atoms with E-state index < -0.39 is 0 Å². The molecule has 0 spiro atoms. The molecule has 4 aromatic rings. The molecule has 1 aliphatic heterocycles. The molecule has 1 aromatic heterocycles. The summed E-state index contributed by atoms with van der Waals surface area (Å²) in [6, 6.07) is 20.7. The summed E-state index contributed by atoms with van der Waals surface area (Å²) in [4.78, 5) is 26.9. The Morgan fingerprint density at radius 1 is 0.914 bits per heavy atom. The van der Waals surface area contributed by atoms with Crippen LogP contribution in [0, 0.1) is 12.7 Å². The smallest absolute Gasteiger partial charge is 0.253 e. The quantitative estimate of drug-likeness (QED) is 0.404. The van der Waals surface area contributed by atoms with Gasteiger partial charge in [0.25, 0.3) is 5.91 Å². The first-order chi connectivity index (χ1) is 17.0. The number of nitrogens with zero attached hydrogens (tertiary/aromatic N) is 4. The number of aromatic nitrogens is 2. The standard InChI is InChI=1S/C29H29FN4O/c1-3-27-26(18-21-7-6-10-25(30)17-21)28(32-20(2)31-27)33-13-15-34(16-14-33)29(35)24-12-11-22-8-4-5-9-23(22)19-24/h4-12,17,19H,3,13-16,18H2,1-2H3. The number of aryl methyl sites for hydroxylation is 2. The molecular formula is C29H29FN4O. The molecule has 0 unspecified atom stereocenters. The van der Waals surface area contributed by atoms with Gasteiger partial charge in [0.15, 0.2) is 0 Å². The Morgan fingerprint density at radius 2 is 1.69 bits per heavy atom. The number of anilines is 1. The number of carbonyl (C=O) groups excluding carboxylic acids is 1. The highest BCUT2D eigenvalue weighted by Crippen LogP contribution is 2.27. The minimum absolute atomic E-state index is 0.0588. The van der Waals surface area contributed by atoms with E-state index in [-0.39, 0.29) is 11.7 Å². The van der Waals surface area contributed by atoms with Gasteiger partial charge in [-0.2, -0.15) is 0 Å². The van der Waals surface area contributed by atoms with Gasteiger partial charge in [-0.1, -0.05) is 49.4 Å². The summed E-state index contributed by atoms with van der Waals surface area (Å²) in [6.45, 7) is 6.62. The average molecular weight is 469 g/mol. The SMILES string of the molecule is CCc1nc(C)nc(N2CCN(C(=O)c3ccc4ccccc4c3)CC2)c1Cc1cccc(F)c1. The first-order valence-corrected chi connectivity index (χ1v) is 12.2. The van der Waals surface area contributed by atoms with Crippen LogP contribution in [0.1, 0.15) is 39.9 Å². The van der Waals surface area contributed by atoms with Crippen LogP contribution in [0.4, 0.5) is 10.2 Å². The number of carbonyl (C=O) groups is 1. The van der Waals surface area contributed by atoms with Crippen LogP contribution in [-0.2, 0) is 12.8 Å². The number of fused-ring (bicyclic) bond motifs is 1. The Hall–Kier alpha value is -3.80. The Balaban J connectivity index is 1.36. The number of hydrogen-bond acceptors (Lipinski definition) is 4. The maximum absolute atomic E-state index is 13.8. The Labute approximate surface area is 205 Å². The number of piperazine rings is 1. The van der Waals surface area contributed by atoms with Crippen LogP contribution in [0.3, 0.4) is 0 Å². The maximum Gasteiger partial charge on any atom is 0.253 e. The molecule has 1 amide bonds. The lowest BCUT2D eigenvalue weighted by Gasteiger charge is -2.36. The summed E-state index contributed by atoms with van der Waals surface area (Å²) < 4.78 is 13.8. The number of halogens is 1. The number of rotatable bonds is 5. The van der Waals surface area contributed by atoms with Crippen LogP contribution in [0.15, 0.2) is 66.7 Å². The van der Waals surface area contributed by atoms with Gasteiger partial charge in [-0.05, 0) is 53.9 Å². The predicted octanol–water partition coefficient (Wildman–Crippen LogP) is 5.19. The van der Waals surface area contributed by atoms with E-state index in [1.165, 1.54) is 6.07 Å². The van der Waals surface area contributed by atoms with Crippen LogP contribution in [0.25, 0.3) is 10.8 Å². The number of amides is 1. The minimum atomic E-state index is -0.240. The largest absolute Gasteiger partial charge is 0.353 e. The zero-order valence-corrected chi connectivity index (χ0v) is 20.2. The summed E-state index contributed by atoms with van der Waals surface area (Å²) in [5, 5.41) is 2.20. The number of hydrogen-bond donors (Lipinski definition) is 0. The van der Waals surface area contributed by atoms with Crippen LogP contribution < -0.4 is 4.90 Å². The van der Waals surface area contributed by atoms with Crippen LogP contribution in [0.2, 0.25) is 0 Å². The molecule has 1 aliphatic rings. The van der Waals surface area contributed by atoms with Gasteiger partial charge in [-0.15, -0.1) is 0 Å². The Morgan fingerprint density at radius 3 is 2.43 bits per heavy atom. The third-order valence-electron chi connectivity index (χ3n) is 6.65. The van der Waals surface area contributed by atoms with Crippen molar-refractivity contribution in [3.8, 4) is 0 Å². The first kappa shape index (κ1) is 23.0. The molecule has 6 heteroatoms. The molecule has 0 saturated carbocycles. The van der Waals surface area contributed by atoms with Crippen LogP contribution in [0.5, 0.6) is 0 Å². The van der Waals surface area contributed by atoms with Crippen molar-refractivity contribution in [1.29, 1.82) is 0 Å². The molecule has 1 fully saturated rings. The van der Waals surface area contributed by atoms with E-state index in [1.54, 1.807) is 12.1 Å². The van der Waals surface area contributed by atoms with Gasteiger partial charge in [0.05, 0.1) is 0 Å². The molecule has 3 aromatic carbocycles. The van der Waals surface area contributed by atoms with Crippen molar-refractivity contribution in [2.45, 2.75) is 26.7 Å². The molecule has 5 nitrogen and oxygen atoms in total. The Kier molecular flexibility index (Phi) is 6.45. The highest BCUT2D eigenvalue weighted by molar-refractivity contribution is 5.98. The summed E-state index contributed by atoms with van der Waals surface area (Å²) in [6.07, 6.45) is 1.36. The van der Waals surface area contributed by atoms with E-state index in [2.05, 4.69) is 22.9 Å². The lowest BCUT2D eigenvalue weighted by molar-refractivity contribution is 0.0746. The van der Waals surface area contributed by atoms with Gasteiger partial charge >= 0.3 is 0 Å². The van der Waals surface area contributed by atoms with E-state index in [4.69, 9.17) is 4.98 Å². The van der Waals surface area contributed by atoms with Gasteiger partial charge in [-0.3, -0.25) is 4.79 Å².